The molecule has 1 aliphatic heterocycles. The van der Waals surface area contributed by atoms with Gasteiger partial charge in [0.1, 0.15) is 5.76 Å². The normalized spacial score (nSPS) is 18.4. The highest BCUT2D eigenvalue weighted by atomic mass is 32.1. The van der Waals surface area contributed by atoms with Crippen LogP contribution in [0.1, 0.15) is 34.7 Å². The van der Waals surface area contributed by atoms with E-state index in [1.54, 1.807) is 11.3 Å². The summed E-state index contributed by atoms with van der Waals surface area (Å²) in [7, 11) is 0. The molecule has 0 N–H and O–H groups in total. The molecule has 22 heavy (non-hydrogen) atoms. The number of hydrogen-bond acceptors (Lipinski definition) is 6. The molecule has 0 bridgehead atoms. The lowest BCUT2D eigenvalue weighted by molar-refractivity contribution is 0.0735. The zero-order valence-electron chi connectivity index (χ0n) is 12.3. The molecule has 0 radical (unpaired) electrons. The van der Waals surface area contributed by atoms with Crippen LogP contribution in [0.15, 0.2) is 16.1 Å². The van der Waals surface area contributed by atoms with E-state index in [-0.39, 0.29) is 5.91 Å². The van der Waals surface area contributed by atoms with Crippen molar-refractivity contribution in [3.05, 3.63) is 28.6 Å². The third kappa shape index (κ3) is 2.39. The molecular weight excluding hydrogens is 300 g/mol. The number of hydrogen-bond donors (Lipinski definition) is 0. The quantitative estimate of drug-likeness (QED) is 0.847. The van der Waals surface area contributed by atoms with Crippen LogP contribution in [0.4, 0.5) is 5.13 Å². The highest BCUT2D eigenvalue weighted by molar-refractivity contribution is 7.13. The van der Waals surface area contributed by atoms with E-state index in [0.29, 0.717) is 18.8 Å². The summed E-state index contributed by atoms with van der Waals surface area (Å²) in [4.78, 5) is 21.1. The first-order valence-corrected chi connectivity index (χ1v) is 8.62. The molecule has 1 fully saturated rings. The molecule has 3 heterocycles. The summed E-state index contributed by atoms with van der Waals surface area (Å²) in [6.07, 6.45) is 5.89. The van der Waals surface area contributed by atoms with Gasteiger partial charge in [0.15, 0.2) is 10.8 Å². The van der Waals surface area contributed by atoms with Crippen LogP contribution in [0.3, 0.4) is 0 Å². The third-order valence-electron chi connectivity index (χ3n) is 4.41. The van der Waals surface area contributed by atoms with Gasteiger partial charge in [-0.15, -0.1) is 11.3 Å². The van der Waals surface area contributed by atoms with Gasteiger partial charge in [-0.25, -0.2) is 4.98 Å². The van der Waals surface area contributed by atoms with Gasteiger partial charge in [0.05, 0.1) is 0 Å². The molecule has 0 aromatic carbocycles. The first-order chi connectivity index (χ1) is 10.8. The predicted molar refractivity (Wildman–Crippen MR) is 83.4 cm³/mol. The molecule has 4 rings (SSSR count). The number of anilines is 1. The standard InChI is InChI=1S/C15H18N4O2S/c20-14(13-11-3-1-2-4-12(11)21-17-13)18-6-8-19(9-7-18)15-16-5-10-22-15/h5,10H,1-4,6-9H2. The molecule has 0 saturated carbocycles. The van der Waals surface area contributed by atoms with Gasteiger partial charge in [-0.05, 0) is 19.3 Å². The molecule has 1 aliphatic carbocycles. The summed E-state index contributed by atoms with van der Waals surface area (Å²) in [6, 6.07) is 0. The molecule has 0 spiro atoms. The molecule has 2 aliphatic rings. The van der Waals surface area contributed by atoms with Crippen molar-refractivity contribution in [1.82, 2.24) is 15.0 Å². The van der Waals surface area contributed by atoms with Crippen molar-refractivity contribution < 1.29 is 9.32 Å². The largest absolute Gasteiger partial charge is 0.360 e. The van der Waals surface area contributed by atoms with Crippen molar-refractivity contribution >= 4 is 22.4 Å². The Morgan fingerprint density at radius 1 is 1.18 bits per heavy atom. The van der Waals surface area contributed by atoms with Crippen molar-refractivity contribution in [3.63, 3.8) is 0 Å². The smallest absolute Gasteiger partial charge is 0.276 e. The summed E-state index contributed by atoms with van der Waals surface area (Å²) < 4.78 is 5.36. The van der Waals surface area contributed by atoms with Crippen LogP contribution in [0.25, 0.3) is 0 Å². The Hall–Kier alpha value is -1.89. The first kappa shape index (κ1) is 13.8. The van der Waals surface area contributed by atoms with E-state index in [2.05, 4.69) is 15.0 Å². The predicted octanol–water partition coefficient (Wildman–Crippen LogP) is 1.97. The second-order valence-electron chi connectivity index (χ2n) is 5.73. The van der Waals surface area contributed by atoms with Gasteiger partial charge in [0.2, 0.25) is 0 Å². The lowest BCUT2D eigenvalue weighted by atomic mass is 9.96. The molecule has 0 atom stereocenters. The first-order valence-electron chi connectivity index (χ1n) is 7.74. The van der Waals surface area contributed by atoms with E-state index in [1.165, 1.54) is 0 Å². The van der Waals surface area contributed by atoms with Crippen LogP contribution in [0.5, 0.6) is 0 Å². The Bertz CT molecular complexity index is 659. The van der Waals surface area contributed by atoms with E-state index < -0.39 is 0 Å². The Labute approximate surface area is 132 Å². The number of thiazole rings is 1. The topological polar surface area (TPSA) is 62.5 Å². The fourth-order valence-electron chi connectivity index (χ4n) is 3.18. The van der Waals surface area contributed by atoms with Crippen molar-refractivity contribution in [2.45, 2.75) is 25.7 Å². The zero-order chi connectivity index (χ0) is 14.9. The number of carbonyl (C=O) groups is 1. The van der Waals surface area contributed by atoms with Gasteiger partial charge in [-0.3, -0.25) is 4.79 Å². The van der Waals surface area contributed by atoms with E-state index in [1.807, 2.05) is 16.5 Å². The molecule has 1 saturated heterocycles. The SMILES string of the molecule is O=C(c1noc2c1CCCC2)N1CCN(c2nccs2)CC1. The molecule has 1 amide bonds. The average molecular weight is 318 g/mol. The van der Waals surface area contributed by atoms with Crippen LogP contribution in [-0.4, -0.2) is 47.1 Å². The molecule has 0 unspecified atom stereocenters. The van der Waals surface area contributed by atoms with Crippen LogP contribution in [0.2, 0.25) is 0 Å². The molecule has 2 aromatic heterocycles. The van der Waals surface area contributed by atoms with Gasteiger partial charge in [0, 0.05) is 49.7 Å². The number of nitrogens with zero attached hydrogens (tertiary/aromatic N) is 4. The Morgan fingerprint density at radius 3 is 2.77 bits per heavy atom. The summed E-state index contributed by atoms with van der Waals surface area (Å²) in [5.41, 5.74) is 1.58. The fourth-order valence-corrected chi connectivity index (χ4v) is 3.87. The van der Waals surface area contributed by atoms with E-state index in [0.717, 1.165) is 55.2 Å². The van der Waals surface area contributed by atoms with Gasteiger partial charge >= 0.3 is 0 Å². The number of amides is 1. The highest BCUT2D eigenvalue weighted by Gasteiger charge is 2.29. The van der Waals surface area contributed by atoms with Crippen LogP contribution >= 0.6 is 11.3 Å². The molecule has 116 valence electrons. The fraction of sp³-hybridized carbons (Fsp3) is 0.533. The van der Waals surface area contributed by atoms with Gasteiger partial charge in [0.25, 0.3) is 5.91 Å². The van der Waals surface area contributed by atoms with Crippen molar-refractivity contribution in [2.75, 3.05) is 31.1 Å². The summed E-state index contributed by atoms with van der Waals surface area (Å²) in [6.45, 7) is 3.05. The minimum absolute atomic E-state index is 0.0192. The summed E-state index contributed by atoms with van der Waals surface area (Å²) in [5.74, 6) is 0.932. The maximum atomic E-state index is 12.7. The van der Waals surface area contributed by atoms with Gasteiger partial charge in [-0.1, -0.05) is 5.16 Å². The molecule has 2 aromatic rings. The molecule has 7 heteroatoms. The number of rotatable bonds is 2. The maximum absolute atomic E-state index is 12.7. The van der Waals surface area contributed by atoms with Crippen LogP contribution < -0.4 is 4.90 Å². The summed E-state index contributed by atoms with van der Waals surface area (Å²) >= 11 is 1.64. The van der Waals surface area contributed by atoms with Crippen molar-refractivity contribution in [3.8, 4) is 0 Å². The molecular formula is C15H18N4O2S. The minimum Gasteiger partial charge on any atom is -0.360 e. The number of carbonyl (C=O) groups excluding carboxylic acids is 1. The highest BCUT2D eigenvalue weighted by Crippen LogP contribution is 2.26. The Balaban J connectivity index is 1.45. The number of aromatic nitrogens is 2. The lowest BCUT2D eigenvalue weighted by Gasteiger charge is -2.34. The van der Waals surface area contributed by atoms with E-state index in [9.17, 15) is 4.79 Å². The van der Waals surface area contributed by atoms with E-state index in [4.69, 9.17) is 4.52 Å². The Kier molecular flexibility index (Phi) is 3.57. The molecule has 6 nitrogen and oxygen atoms in total. The number of aryl methyl sites for hydroxylation is 1. The van der Waals surface area contributed by atoms with Crippen LogP contribution in [-0.2, 0) is 12.8 Å². The number of piperazine rings is 1. The van der Waals surface area contributed by atoms with Gasteiger partial charge in [-0.2, -0.15) is 0 Å². The van der Waals surface area contributed by atoms with Crippen molar-refractivity contribution in [1.29, 1.82) is 0 Å². The summed E-state index contributed by atoms with van der Waals surface area (Å²) in [5, 5.41) is 7.07. The second kappa shape index (κ2) is 5.72. The van der Waals surface area contributed by atoms with E-state index >= 15 is 0 Å². The van der Waals surface area contributed by atoms with Gasteiger partial charge < -0.3 is 14.3 Å². The lowest BCUT2D eigenvalue weighted by Crippen LogP contribution is -2.49. The maximum Gasteiger partial charge on any atom is 0.276 e. The Morgan fingerprint density at radius 2 is 2.00 bits per heavy atom. The zero-order valence-corrected chi connectivity index (χ0v) is 13.1. The second-order valence-corrected chi connectivity index (χ2v) is 6.61. The van der Waals surface area contributed by atoms with Crippen LogP contribution in [0, 0.1) is 0 Å². The van der Waals surface area contributed by atoms with Crippen molar-refractivity contribution in [2.24, 2.45) is 0 Å². The monoisotopic (exact) mass is 318 g/mol. The average Bonchev–Trinajstić information content (AvgIpc) is 3.24. The minimum atomic E-state index is 0.0192. The number of fused-ring (bicyclic) bond motifs is 1. The third-order valence-corrected chi connectivity index (χ3v) is 5.24.